The summed E-state index contributed by atoms with van der Waals surface area (Å²) in [6.07, 6.45) is 0. The van der Waals surface area contributed by atoms with E-state index in [1.807, 2.05) is 109 Å². The molecule has 0 bridgehead atoms. The van der Waals surface area contributed by atoms with Gasteiger partial charge in [0.05, 0.1) is 29.5 Å². The molecule has 0 fully saturated rings. The number of furan rings is 1. The van der Waals surface area contributed by atoms with E-state index in [1.165, 1.54) is 0 Å². The van der Waals surface area contributed by atoms with Crippen molar-refractivity contribution in [2.75, 3.05) is 0 Å². The number of fused-ring (bicyclic) bond motifs is 5. The van der Waals surface area contributed by atoms with Crippen LogP contribution in [0.5, 0.6) is 0 Å². The molecule has 0 spiro atoms. The van der Waals surface area contributed by atoms with E-state index < -0.39 is 18.1 Å². The predicted molar refractivity (Wildman–Crippen MR) is 233 cm³/mol. The number of aromatic nitrogens is 4. The number of rotatable bonds is 6. The zero-order chi connectivity index (χ0) is 42.1. The summed E-state index contributed by atoms with van der Waals surface area (Å²) in [5.41, 5.74) is 9.65. The molecule has 0 radical (unpaired) electrons. The second-order valence-corrected chi connectivity index (χ2v) is 13.8. The predicted octanol–water partition coefficient (Wildman–Crippen LogP) is 13.5. The minimum atomic E-state index is -0.464. The summed E-state index contributed by atoms with van der Waals surface area (Å²) in [5, 5.41) is 4.70. The van der Waals surface area contributed by atoms with Gasteiger partial charge in [0, 0.05) is 38.4 Å². The van der Waals surface area contributed by atoms with Crippen molar-refractivity contribution in [3.8, 4) is 67.7 Å². The Bertz CT molecular complexity index is 3560. The lowest BCUT2D eigenvalue weighted by molar-refractivity contribution is 0.668. The van der Waals surface area contributed by atoms with Crippen LogP contribution >= 0.6 is 0 Å². The minimum Gasteiger partial charge on any atom is -0.454 e. The standard InChI is InChI=1S/C52H32N4O/c1-3-13-34(14-4-1)47-32-48(56-52(55-47)45-30-27-35-15-7-11-21-44(35)53-45)41-29-28-38(39-18-8-9-19-40(39)41)33-23-25-36(26-24-33)46-31-43-42-20-10-12-22-49(42)57-51(43)50(54-46)37-16-5-2-6-17-37/h1-32H/i2D,5D,6D,16D,17D. The van der Waals surface area contributed by atoms with Crippen LogP contribution in [0.4, 0.5) is 0 Å². The van der Waals surface area contributed by atoms with Gasteiger partial charge in [-0.25, -0.2) is 19.9 Å². The van der Waals surface area contributed by atoms with Crippen molar-refractivity contribution in [3.05, 3.63) is 194 Å². The van der Waals surface area contributed by atoms with E-state index in [2.05, 4.69) is 54.6 Å². The van der Waals surface area contributed by atoms with Crippen LogP contribution in [-0.4, -0.2) is 19.9 Å². The first-order valence-corrected chi connectivity index (χ1v) is 18.6. The molecule has 5 nitrogen and oxygen atoms in total. The molecule has 11 aromatic rings. The normalized spacial score (nSPS) is 12.7. The fraction of sp³-hybridized carbons (Fsp3) is 0. The van der Waals surface area contributed by atoms with Gasteiger partial charge in [-0.2, -0.15) is 0 Å². The van der Waals surface area contributed by atoms with Crippen molar-refractivity contribution in [1.29, 1.82) is 0 Å². The third kappa shape index (κ3) is 5.81. The van der Waals surface area contributed by atoms with Crippen molar-refractivity contribution in [1.82, 2.24) is 19.9 Å². The molecule has 0 aliphatic rings. The quantitative estimate of drug-likeness (QED) is 0.170. The van der Waals surface area contributed by atoms with Gasteiger partial charge in [-0.15, -0.1) is 0 Å². The van der Waals surface area contributed by atoms with E-state index in [-0.39, 0.29) is 23.3 Å². The Labute approximate surface area is 335 Å². The number of benzene rings is 7. The van der Waals surface area contributed by atoms with Crippen molar-refractivity contribution in [3.63, 3.8) is 0 Å². The highest BCUT2D eigenvalue weighted by atomic mass is 16.3. The average Bonchev–Trinajstić information content (AvgIpc) is 3.71. The van der Waals surface area contributed by atoms with Gasteiger partial charge in [0.15, 0.2) is 11.4 Å². The molecule has 0 saturated carbocycles. The van der Waals surface area contributed by atoms with E-state index in [1.54, 1.807) is 0 Å². The highest BCUT2D eigenvalue weighted by Crippen LogP contribution is 2.40. The summed E-state index contributed by atoms with van der Waals surface area (Å²) in [7, 11) is 0. The van der Waals surface area contributed by atoms with Gasteiger partial charge in [0.1, 0.15) is 17.0 Å². The van der Waals surface area contributed by atoms with E-state index in [0.29, 0.717) is 28.4 Å². The SMILES string of the molecule is [2H]c1c([2H])c([2H])c(-c2nc(-c3ccc(-c4ccc(-c5cc(-c6ccccc6)nc(-c6ccc7ccccc7n6)n5)c5ccccc45)cc3)cc3c2oc2ccccc23)c([2H])c1[2H]. The fourth-order valence-electron chi connectivity index (χ4n) is 7.65. The highest BCUT2D eigenvalue weighted by Gasteiger charge is 2.18. The largest absolute Gasteiger partial charge is 0.454 e. The second-order valence-electron chi connectivity index (χ2n) is 13.8. The zero-order valence-corrected chi connectivity index (χ0v) is 30.3. The Morgan fingerprint density at radius 3 is 1.89 bits per heavy atom. The minimum absolute atomic E-state index is 0.00897. The number of hydrogen-bond donors (Lipinski definition) is 0. The lowest BCUT2D eigenvalue weighted by Crippen LogP contribution is -1.98. The molecule has 0 saturated heterocycles. The van der Waals surface area contributed by atoms with Gasteiger partial charge in [-0.05, 0) is 52.2 Å². The maximum atomic E-state index is 8.78. The van der Waals surface area contributed by atoms with Crippen molar-refractivity contribution in [2.45, 2.75) is 0 Å². The number of para-hydroxylation sites is 2. The maximum absolute atomic E-state index is 8.78. The second kappa shape index (κ2) is 13.5. The zero-order valence-electron chi connectivity index (χ0n) is 35.3. The molecule has 0 amide bonds. The Hall–Kier alpha value is -7.76. The van der Waals surface area contributed by atoms with Crippen molar-refractivity contribution >= 4 is 43.6 Å². The van der Waals surface area contributed by atoms with Crippen LogP contribution in [0.3, 0.4) is 0 Å². The molecule has 266 valence electrons. The van der Waals surface area contributed by atoms with Gasteiger partial charge in [-0.3, -0.25) is 0 Å². The summed E-state index contributed by atoms with van der Waals surface area (Å²) in [6.45, 7) is 0. The van der Waals surface area contributed by atoms with Crippen molar-refractivity contribution < 1.29 is 11.3 Å². The molecule has 11 rings (SSSR count). The fourth-order valence-corrected chi connectivity index (χ4v) is 7.65. The van der Waals surface area contributed by atoms with Crippen LogP contribution in [0.15, 0.2) is 198 Å². The van der Waals surface area contributed by atoms with Crippen LogP contribution in [0.2, 0.25) is 0 Å². The Morgan fingerprint density at radius 2 is 1.05 bits per heavy atom. The first-order chi connectivity index (χ1) is 30.3. The topological polar surface area (TPSA) is 64.7 Å². The average molecular weight is 734 g/mol. The van der Waals surface area contributed by atoms with Gasteiger partial charge in [-0.1, -0.05) is 164 Å². The molecule has 0 aliphatic heterocycles. The number of pyridine rings is 2. The van der Waals surface area contributed by atoms with Crippen molar-refractivity contribution in [2.24, 2.45) is 0 Å². The van der Waals surface area contributed by atoms with Gasteiger partial charge < -0.3 is 4.42 Å². The van der Waals surface area contributed by atoms with Gasteiger partial charge in [0.25, 0.3) is 0 Å². The lowest BCUT2D eigenvalue weighted by atomic mass is 9.92. The van der Waals surface area contributed by atoms with Crippen LogP contribution in [0.1, 0.15) is 6.85 Å². The molecule has 4 heterocycles. The summed E-state index contributed by atoms with van der Waals surface area (Å²) < 4.78 is 48.8. The van der Waals surface area contributed by atoms with Gasteiger partial charge in [0.2, 0.25) is 0 Å². The third-order valence-corrected chi connectivity index (χ3v) is 10.4. The summed E-state index contributed by atoms with van der Waals surface area (Å²) >= 11 is 0. The monoisotopic (exact) mass is 733 g/mol. The van der Waals surface area contributed by atoms with Crippen LogP contribution in [0.25, 0.3) is 111 Å². The first kappa shape index (κ1) is 27.8. The smallest absolute Gasteiger partial charge is 0.179 e. The molecule has 4 aromatic heterocycles. The maximum Gasteiger partial charge on any atom is 0.179 e. The molecule has 0 unspecified atom stereocenters. The van der Waals surface area contributed by atoms with Crippen LogP contribution < -0.4 is 0 Å². The molecule has 0 N–H and O–H groups in total. The van der Waals surface area contributed by atoms with Gasteiger partial charge >= 0.3 is 0 Å². The summed E-state index contributed by atoms with van der Waals surface area (Å²) in [5.74, 6) is 0.542. The molecule has 7 aromatic carbocycles. The Balaban J connectivity index is 1.03. The van der Waals surface area contributed by atoms with E-state index in [4.69, 9.17) is 31.2 Å². The van der Waals surface area contributed by atoms with Crippen LogP contribution in [-0.2, 0) is 0 Å². The van der Waals surface area contributed by atoms with E-state index >= 15 is 0 Å². The van der Waals surface area contributed by atoms with E-state index in [9.17, 15) is 0 Å². The van der Waals surface area contributed by atoms with E-state index in [0.717, 1.165) is 71.7 Å². The highest BCUT2D eigenvalue weighted by molar-refractivity contribution is 6.10. The third-order valence-electron chi connectivity index (χ3n) is 10.4. The molecular weight excluding hydrogens is 697 g/mol. The molecule has 0 atom stereocenters. The molecule has 5 heteroatoms. The van der Waals surface area contributed by atoms with Crippen LogP contribution in [0, 0.1) is 0 Å². The first-order valence-electron chi connectivity index (χ1n) is 21.1. The number of nitrogens with zero attached hydrogens (tertiary/aromatic N) is 4. The summed E-state index contributed by atoms with van der Waals surface area (Å²) in [6, 6.07) is 52.4. The Morgan fingerprint density at radius 1 is 0.404 bits per heavy atom. The molecule has 0 aliphatic carbocycles. The summed E-state index contributed by atoms with van der Waals surface area (Å²) in [4.78, 5) is 20.1. The molecule has 57 heavy (non-hydrogen) atoms. The Kier molecular flexibility index (Phi) is 6.58. The lowest BCUT2D eigenvalue weighted by Gasteiger charge is -2.14. The number of hydrogen-bond acceptors (Lipinski definition) is 5. The molecular formula is C52H32N4O.